The van der Waals surface area contributed by atoms with E-state index in [1.807, 2.05) is 32.7 Å². The Hall–Kier alpha value is -1.20. The van der Waals surface area contributed by atoms with Gasteiger partial charge in [0.25, 0.3) is 0 Å². The van der Waals surface area contributed by atoms with E-state index in [1.165, 1.54) is 4.88 Å². The van der Waals surface area contributed by atoms with Crippen LogP contribution in [0, 0.1) is 0 Å². The largest absolute Gasteiger partial charge is 0.315 e. The van der Waals surface area contributed by atoms with Crippen molar-refractivity contribution in [2.45, 2.75) is 6.54 Å². The molecule has 0 saturated carbocycles. The highest BCUT2D eigenvalue weighted by atomic mass is 32.1. The van der Waals surface area contributed by atoms with Crippen molar-refractivity contribution in [3.63, 3.8) is 0 Å². The molecule has 1 N–H and O–H groups in total. The van der Waals surface area contributed by atoms with Crippen LogP contribution < -0.4 is 5.32 Å². The monoisotopic (exact) mass is 208 g/mol. The van der Waals surface area contributed by atoms with Gasteiger partial charge in [-0.3, -0.25) is 4.68 Å². The Bertz CT molecular complexity index is 418. The summed E-state index contributed by atoms with van der Waals surface area (Å²) in [6.45, 7) is 0.873. The summed E-state index contributed by atoms with van der Waals surface area (Å²) < 4.78 is 1.79. The van der Waals surface area contributed by atoms with E-state index < -0.39 is 0 Å². The Labute approximate surface area is 86.6 Å². The summed E-state index contributed by atoms with van der Waals surface area (Å²) in [5, 5.41) is 8.25. The number of aromatic nitrogens is 3. The van der Waals surface area contributed by atoms with E-state index in [0.29, 0.717) is 0 Å². The average Bonchev–Trinajstić information content (AvgIpc) is 2.74. The third kappa shape index (κ3) is 1.83. The minimum absolute atomic E-state index is 0.873. The van der Waals surface area contributed by atoms with Gasteiger partial charge in [-0.25, -0.2) is 4.98 Å². The summed E-state index contributed by atoms with van der Waals surface area (Å²) in [5.41, 5.74) is 1.08. The van der Waals surface area contributed by atoms with Gasteiger partial charge in [0.05, 0.1) is 6.20 Å². The van der Waals surface area contributed by atoms with E-state index in [-0.39, 0.29) is 0 Å². The van der Waals surface area contributed by atoms with Crippen molar-refractivity contribution in [1.29, 1.82) is 0 Å². The zero-order valence-corrected chi connectivity index (χ0v) is 9.01. The molecule has 2 heterocycles. The lowest BCUT2D eigenvalue weighted by molar-refractivity contribution is 0.768. The van der Waals surface area contributed by atoms with Crippen LogP contribution in [-0.4, -0.2) is 21.8 Å². The van der Waals surface area contributed by atoms with Crippen LogP contribution in [0.25, 0.3) is 10.6 Å². The maximum atomic E-state index is 4.34. The van der Waals surface area contributed by atoms with Gasteiger partial charge in [-0.15, -0.1) is 11.3 Å². The van der Waals surface area contributed by atoms with Crippen molar-refractivity contribution in [1.82, 2.24) is 20.1 Å². The number of nitrogens with one attached hydrogen (secondary N) is 1. The fraction of sp³-hybridized carbons (Fsp3) is 0.333. The maximum absolute atomic E-state index is 4.34. The Morgan fingerprint density at radius 3 is 3.00 bits per heavy atom. The third-order valence-electron chi connectivity index (χ3n) is 1.86. The fourth-order valence-electron chi connectivity index (χ4n) is 1.23. The van der Waals surface area contributed by atoms with Crippen LogP contribution in [-0.2, 0) is 13.6 Å². The topological polar surface area (TPSA) is 42.7 Å². The van der Waals surface area contributed by atoms with Crippen LogP contribution in [0.5, 0.6) is 0 Å². The van der Waals surface area contributed by atoms with Crippen molar-refractivity contribution in [3.05, 3.63) is 23.5 Å². The van der Waals surface area contributed by atoms with Crippen LogP contribution in [0.2, 0.25) is 0 Å². The highest BCUT2D eigenvalue weighted by Crippen LogP contribution is 2.24. The zero-order chi connectivity index (χ0) is 9.97. The summed E-state index contributed by atoms with van der Waals surface area (Å²) in [6, 6.07) is 0. The minimum atomic E-state index is 0.873. The molecule has 2 rings (SSSR count). The average molecular weight is 208 g/mol. The van der Waals surface area contributed by atoms with Crippen molar-refractivity contribution in [2.24, 2.45) is 7.05 Å². The molecule has 0 unspecified atom stereocenters. The van der Waals surface area contributed by atoms with Gasteiger partial charge < -0.3 is 5.32 Å². The molecule has 0 aliphatic carbocycles. The molecule has 0 atom stereocenters. The number of hydrogen-bond acceptors (Lipinski definition) is 4. The second-order valence-corrected chi connectivity index (χ2v) is 4.18. The SMILES string of the molecule is CNCc1cnc(-c2cnn(C)c2)s1. The summed E-state index contributed by atoms with van der Waals surface area (Å²) in [6.07, 6.45) is 5.72. The zero-order valence-electron chi connectivity index (χ0n) is 8.19. The van der Waals surface area contributed by atoms with Crippen molar-refractivity contribution < 1.29 is 0 Å². The molecule has 0 amide bonds. The fourth-order valence-corrected chi connectivity index (χ4v) is 2.13. The Kier molecular flexibility index (Phi) is 2.60. The Morgan fingerprint density at radius 1 is 1.50 bits per heavy atom. The lowest BCUT2D eigenvalue weighted by Gasteiger charge is -1.90. The van der Waals surface area contributed by atoms with E-state index >= 15 is 0 Å². The summed E-state index contributed by atoms with van der Waals surface area (Å²) in [4.78, 5) is 5.59. The molecule has 0 aromatic carbocycles. The van der Waals surface area contributed by atoms with E-state index in [1.54, 1.807) is 16.0 Å². The standard InChI is InChI=1S/C9H12N4S/c1-10-4-8-5-11-9(14-8)7-3-12-13(2)6-7/h3,5-6,10H,4H2,1-2H3. The van der Waals surface area contributed by atoms with Crippen molar-refractivity contribution in [3.8, 4) is 10.6 Å². The number of hydrogen-bond donors (Lipinski definition) is 1. The molecule has 4 nitrogen and oxygen atoms in total. The van der Waals surface area contributed by atoms with Crippen LogP contribution >= 0.6 is 11.3 Å². The van der Waals surface area contributed by atoms with E-state index in [4.69, 9.17) is 0 Å². The van der Waals surface area contributed by atoms with E-state index in [9.17, 15) is 0 Å². The van der Waals surface area contributed by atoms with Crippen LogP contribution in [0.15, 0.2) is 18.6 Å². The first-order chi connectivity index (χ1) is 6.79. The van der Waals surface area contributed by atoms with Crippen molar-refractivity contribution >= 4 is 11.3 Å². The van der Waals surface area contributed by atoms with Gasteiger partial charge in [-0.2, -0.15) is 5.10 Å². The van der Waals surface area contributed by atoms with Gasteiger partial charge in [0.2, 0.25) is 0 Å². The molecule has 0 spiro atoms. The first-order valence-corrected chi connectivity index (χ1v) is 5.19. The van der Waals surface area contributed by atoms with Gasteiger partial charge in [0, 0.05) is 36.4 Å². The molecule has 2 aromatic heterocycles. The first kappa shape index (κ1) is 9.36. The van der Waals surface area contributed by atoms with Crippen LogP contribution in [0.4, 0.5) is 0 Å². The normalized spacial score (nSPS) is 10.7. The van der Waals surface area contributed by atoms with Crippen molar-refractivity contribution in [2.75, 3.05) is 7.05 Å². The lowest BCUT2D eigenvalue weighted by atomic mass is 10.4. The molecule has 14 heavy (non-hydrogen) atoms. The molecular weight excluding hydrogens is 196 g/mol. The highest BCUT2D eigenvalue weighted by Gasteiger charge is 2.05. The number of thiazole rings is 1. The molecule has 2 aromatic rings. The maximum Gasteiger partial charge on any atom is 0.126 e. The predicted octanol–water partition coefficient (Wildman–Crippen LogP) is 1.26. The molecule has 5 heteroatoms. The van der Waals surface area contributed by atoms with Gasteiger partial charge in [0.1, 0.15) is 5.01 Å². The number of rotatable bonds is 3. The second-order valence-electron chi connectivity index (χ2n) is 3.06. The first-order valence-electron chi connectivity index (χ1n) is 4.38. The Morgan fingerprint density at radius 2 is 2.36 bits per heavy atom. The van der Waals surface area contributed by atoms with Gasteiger partial charge in [-0.05, 0) is 7.05 Å². The molecule has 0 aliphatic rings. The summed E-state index contributed by atoms with van der Waals surface area (Å²) in [5.74, 6) is 0. The number of nitrogens with zero attached hydrogens (tertiary/aromatic N) is 3. The smallest absolute Gasteiger partial charge is 0.126 e. The van der Waals surface area contributed by atoms with E-state index in [0.717, 1.165) is 17.1 Å². The van der Waals surface area contributed by atoms with Gasteiger partial charge in [0.15, 0.2) is 0 Å². The molecule has 74 valence electrons. The minimum Gasteiger partial charge on any atom is -0.315 e. The molecular formula is C9H12N4S. The van der Waals surface area contributed by atoms with Gasteiger partial charge >= 0.3 is 0 Å². The summed E-state index contributed by atoms with van der Waals surface area (Å²) >= 11 is 1.70. The van der Waals surface area contributed by atoms with Crippen LogP contribution in [0.3, 0.4) is 0 Å². The number of aryl methyl sites for hydroxylation is 1. The molecule has 0 fully saturated rings. The highest BCUT2D eigenvalue weighted by molar-refractivity contribution is 7.15. The molecule has 0 saturated heterocycles. The summed E-state index contributed by atoms with van der Waals surface area (Å²) in [7, 11) is 3.84. The van der Waals surface area contributed by atoms with E-state index in [2.05, 4.69) is 15.4 Å². The molecule has 0 bridgehead atoms. The Balaban J connectivity index is 2.24. The predicted molar refractivity (Wildman–Crippen MR) is 57.1 cm³/mol. The second kappa shape index (κ2) is 3.89. The molecule has 0 aliphatic heterocycles. The van der Waals surface area contributed by atoms with Gasteiger partial charge in [-0.1, -0.05) is 0 Å². The molecule has 0 radical (unpaired) electrons. The third-order valence-corrected chi connectivity index (χ3v) is 2.90. The quantitative estimate of drug-likeness (QED) is 0.826. The van der Waals surface area contributed by atoms with Crippen LogP contribution in [0.1, 0.15) is 4.88 Å². The lowest BCUT2D eigenvalue weighted by Crippen LogP contribution is -2.02.